The molecular weight excluding hydrogens is 239 g/mol. The molecule has 0 aliphatic heterocycles. The Hall–Kier alpha value is -0.380. The second-order valence-electron chi connectivity index (χ2n) is 3.50. The van der Waals surface area contributed by atoms with Crippen LogP contribution in [-0.2, 0) is 0 Å². The van der Waals surface area contributed by atoms with Crippen LogP contribution in [0.4, 0.5) is 0 Å². The average Bonchev–Trinajstić information content (AvgIpc) is 2.29. The van der Waals surface area contributed by atoms with Gasteiger partial charge in [0, 0.05) is 0 Å². The highest BCUT2D eigenvalue weighted by atomic mass is 35.5. The van der Waals surface area contributed by atoms with Gasteiger partial charge in [-0.1, -0.05) is 50.9 Å². The van der Waals surface area contributed by atoms with Gasteiger partial charge in [-0.25, -0.2) is 0 Å². The summed E-state index contributed by atoms with van der Waals surface area (Å²) >= 11 is 12.2. The van der Waals surface area contributed by atoms with Crippen LogP contribution in [0.5, 0.6) is 0 Å². The maximum atomic E-state index is 6.11. The minimum Gasteiger partial charge on any atom is -0.0745 e. The normalized spacial score (nSPS) is 9.12. The van der Waals surface area contributed by atoms with Gasteiger partial charge in [-0.3, -0.25) is 0 Å². The number of halogens is 2. The van der Waals surface area contributed by atoms with Crippen molar-refractivity contribution in [1.29, 1.82) is 0 Å². The first kappa shape index (κ1) is 15.6. The molecule has 0 aliphatic rings. The summed E-state index contributed by atoms with van der Waals surface area (Å²) in [6.45, 7) is 8.35. The molecule has 2 heteroatoms. The fraction of sp³-hybridized carbons (Fsp3) is 0.571. The van der Waals surface area contributed by atoms with E-state index in [2.05, 4.69) is 39.5 Å². The predicted molar refractivity (Wildman–Crippen MR) is 74.7 cm³/mol. The first-order valence-corrected chi connectivity index (χ1v) is 6.63. The Kier molecular flexibility index (Phi) is 8.53. The van der Waals surface area contributed by atoms with Gasteiger partial charge in [0.05, 0.1) is 10.1 Å². The summed E-state index contributed by atoms with van der Waals surface area (Å²) in [5, 5.41) is 1.30. The molecule has 0 saturated carbocycles. The monoisotopic (exact) mass is 258 g/mol. The topological polar surface area (TPSA) is 0 Å². The number of rotatable bonds is 4. The van der Waals surface area contributed by atoms with Crippen LogP contribution in [0.2, 0.25) is 0 Å². The molecule has 0 spiro atoms. The molecule has 0 amide bonds. The first-order chi connectivity index (χ1) is 7.60. The van der Waals surface area contributed by atoms with Crippen molar-refractivity contribution in [3.63, 3.8) is 0 Å². The number of hydrogen-bond acceptors (Lipinski definition) is 0. The maximum Gasteiger partial charge on any atom is 0.0899 e. The van der Waals surface area contributed by atoms with Gasteiger partial charge >= 0.3 is 0 Å². The third-order valence-electron chi connectivity index (χ3n) is 2.61. The Bertz CT molecular complexity index is 293. The SMILES string of the molecule is CCC(CC)=C(Cl)C#CC(Cl)=C(CC)CC. The van der Waals surface area contributed by atoms with Crippen LogP contribution in [0, 0.1) is 11.8 Å². The van der Waals surface area contributed by atoms with E-state index in [1.54, 1.807) is 0 Å². The maximum absolute atomic E-state index is 6.11. The van der Waals surface area contributed by atoms with Crippen LogP contribution in [0.1, 0.15) is 53.4 Å². The zero-order chi connectivity index (χ0) is 12.6. The standard InChI is InChI=1S/C14H20Cl2/c1-5-11(6-2)13(15)9-10-14(16)12(7-3)8-4/h5-8H2,1-4H3. The molecule has 0 radical (unpaired) electrons. The van der Waals surface area contributed by atoms with Crippen molar-refractivity contribution >= 4 is 23.2 Å². The highest BCUT2D eigenvalue weighted by Gasteiger charge is 1.99. The fourth-order valence-electron chi connectivity index (χ4n) is 1.41. The summed E-state index contributed by atoms with van der Waals surface area (Å²) < 4.78 is 0. The van der Waals surface area contributed by atoms with Gasteiger partial charge < -0.3 is 0 Å². The first-order valence-electron chi connectivity index (χ1n) is 5.87. The van der Waals surface area contributed by atoms with E-state index in [9.17, 15) is 0 Å². The molecule has 0 aromatic carbocycles. The summed E-state index contributed by atoms with van der Waals surface area (Å²) in [5.74, 6) is 5.88. The number of hydrogen-bond donors (Lipinski definition) is 0. The van der Waals surface area contributed by atoms with Crippen LogP contribution in [-0.4, -0.2) is 0 Å². The lowest BCUT2D eigenvalue weighted by molar-refractivity contribution is 0.973. The smallest absolute Gasteiger partial charge is 0.0745 e. The molecule has 16 heavy (non-hydrogen) atoms. The summed E-state index contributed by atoms with van der Waals surface area (Å²) in [6, 6.07) is 0. The highest BCUT2D eigenvalue weighted by Crippen LogP contribution is 2.18. The van der Waals surface area contributed by atoms with Crippen molar-refractivity contribution in [2.75, 3.05) is 0 Å². The molecular formula is C14H20Cl2. The third kappa shape index (κ3) is 5.10. The molecule has 0 aromatic heterocycles. The van der Waals surface area contributed by atoms with E-state index in [1.165, 1.54) is 11.1 Å². The van der Waals surface area contributed by atoms with E-state index in [4.69, 9.17) is 23.2 Å². The summed E-state index contributed by atoms with van der Waals surface area (Å²) in [5.41, 5.74) is 2.38. The molecule has 0 aromatic rings. The summed E-state index contributed by atoms with van der Waals surface area (Å²) in [4.78, 5) is 0. The Morgan fingerprint density at radius 2 is 0.938 bits per heavy atom. The second-order valence-corrected chi connectivity index (χ2v) is 4.26. The minimum atomic E-state index is 0.648. The molecule has 0 nitrogen and oxygen atoms in total. The van der Waals surface area contributed by atoms with Gasteiger partial charge in [-0.15, -0.1) is 0 Å². The molecule has 0 fully saturated rings. The molecule has 0 unspecified atom stereocenters. The molecule has 0 atom stereocenters. The predicted octanol–water partition coefficient (Wildman–Crippen LogP) is 5.62. The van der Waals surface area contributed by atoms with E-state index in [1.807, 2.05) is 0 Å². The molecule has 0 N–H and O–H groups in total. The van der Waals surface area contributed by atoms with Gasteiger partial charge in [0.15, 0.2) is 0 Å². The van der Waals surface area contributed by atoms with Gasteiger partial charge in [0.25, 0.3) is 0 Å². The van der Waals surface area contributed by atoms with E-state index in [-0.39, 0.29) is 0 Å². The average molecular weight is 259 g/mol. The van der Waals surface area contributed by atoms with Crippen molar-refractivity contribution in [3.8, 4) is 11.8 Å². The molecule has 0 aliphatic carbocycles. The lowest BCUT2D eigenvalue weighted by Crippen LogP contribution is -1.83. The lowest BCUT2D eigenvalue weighted by atomic mass is 10.1. The van der Waals surface area contributed by atoms with Crippen molar-refractivity contribution in [2.45, 2.75) is 53.4 Å². The van der Waals surface area contributed by atoms with E-state index in [0.29, 0.717) is 10.1 Å². The molecule has 0 rings (SSSR count). The van der Waals surface area contributed by atoms with Crippen LogP contribution in [0.15, 0.2) is 21.2 Å². The highest BCUT2D eigenvalue weighted by molar-refractivity contribution is 6.34. The zero-order valence-electron chi connectivity index (χ0n) is 10.6. The Balaban J connectivity index is 4.99. The van der Waals surface area contributed by atoms with E-state index >= 15 is 0 Å². The zero-order valence-corrected chi connectivity index (χ0v) is 12.1. The van der Waals surface area contributed by atoms with Crippen LogP contribution in [0.25, 0.3) is 0 Å². The van der Waals surface area contributed by atoms with Crippen molar-refractivity contribution in [3.05, 3.63) is 21.2 Å². The van der Waals surface area contributed by atoms with Crippen LogP contribution >= 0.6 is 23.2 Å². The number of allylic oxidation sites excluding steroid dienone is 4. The van der Waals surface area contributed by atoms with Crippen molar-refractivity contribution in [2.24, 2.45) is 0 Å². The molecule has 90 valence electrons. The molecule has 0 heterocycles. The van der Waals surface area contributed by atoms with E-state index < -0.39 is 0 Å². The van der Waals surface area contributed by atoms with Crippen molar-refractivity contribution < 1.29 is 0 Å². The van der Waals surface area contributed by atoms with Crippen LogP contribution < -0.4 is 0 Å². The fourth-order valence-corrected chi connectivity index (χ4v) is 2.04. The third-order valence-corrected chi connectivity index (χ3v) is 3.33. The summed E-state index contributed by atoms with van der Waals surface area (Å²) in [7, 11) is 0. The van der Waals surface area contributed by atoms with Crippen LogP contribution in [0.3, 0.4) is 0 Å². The second kappa shape index (κ2) is 8.74. The largest absolute Gasteiger partial charge is 0.0899 e. The minimum absolute atomic E-state index is 0.648. The lowest BCUT2D eigenvalue weighted by Gasteiger charge is -2.00. The molecule has 0 bridgehead atoms. The van der Waals surface area contributed by atoms with E-state index in [0.717, 1.165) is 25.7 Å². The van der Waals surface area contributed by atoms with Gasteiger partial charge in [0.1, 0.15) is 0 Å². The van der Waals surface area contributed by atoms with Gasteiger partial charge in [-0.05, 0) is 48.7 Å². The molecule has 0 saturated heterocycles. The summed E-state index contributed by atoms with van der Waals surface area (Å²) in [6.07, 6.45) is 3.78. The quantitative estimate of drug-likeness (QED) is 0.575. The van der Waals surface area contributed by atoms with Gasteiger partial charge in [0.2, 0.25) is 0 Å². The Labute approximate surface area is 110 Å². The van der Waals surface area contributed by atoms with Gasteiger partial charge in [-0.2, -0.15) is 0 Å². The van der Waals surface area contributed by atoms with Crippen molar-refractivity contribution in [1.82, 2.24) is 0 Å². The Morgan fingerprint density at radius 3 is 1.12 bits per heavy atom. The Morgan fingerprint density at radius 1 is 0.688 bits per heavy atom.